The number of hydrogen-bond acceptors (Lipinski definition) is 6. The summed E-state index contributed by atoms with van der Waals surface area (Å²) in [6.07, 6.45) is 44.8. The summed E-state index contributed by atoms with van der Waals surface area (Å²) in [6.45, 7) is 4.09. The molecule has 3 atom stereocenters. The second kappa shape index (κ2) is 38.4. The Morgan fingerprint density at radius 3 is 1.51 bits per heavy atom. The van der Waals surface area contributed by atoms with Gasteiger partial charge in [0.2, 0.25) is 5.91 Å². The fourth-order valence-electron chi connectivity index (χ4n) is 5.97. The highest BCUT2D eigenvalue weighted by Crippen LogP contribution is 2.43. The maximum atomic E-state index is 12.7. The molecule has 0 aromatic rings. The van der Waals surface area contributed by atoms with E-state index in [9.17, 15) is 19.4 Å². The molecule has 0 aliphatic heterocycles. The number of rotatable bonds is 39. The minimum absolute atomic E-state index is 0.0736. The summed E-state index contributed by atoms with van der Waals surface area (Å²) in [4.78, 5) is 22.7. The smallest absolute Gasteiger partial charge is 0.387 e. The van der Waals surface area contributed by atoms with Crippen molar-refractivity contribution in [1.82, 2.24) is 5.32 Å². The third kappa shape index (κ3) is 36.9. The average Bonchev–Trinajstić information content (AvgIpc) is 3.12. The molecule has 8 nitrogen and oxygen atoms in total. The van der Waals surface area contributed by atoms with Gasteiger partial charge in [-0.2, -0.15) is 0 Å². The van der Waals surface area contributed by atoms with E-state index in [1.54, 1.807) is 6.08 Å². The summed E-state index contributed by atoms with van der Waals surface area (Å²) in [7, 11) is -4.34. The molecule has 0 aromatic heterocycles. The van der Waals surface area contributed by atoms with E-state index >= 15 is 0 Å². The molecule has 0 saturated carbocycles. The van der Waals surface area contributed by atoms with Crippen LogP contribution in [0.15, 0.2) is 36.5 Å². The molecule has 1 amide bonds. The van der Waals surface area contributed by atoms with Crippen molar-refractivity contribution in [2.75, 3.05) is 19.8 Å². The van der Waals surface area contributed by atoms with Crippen molar-refractivity contribution in [2.45, 2.75) is 206 Å². The third-order valence-electron chi connectivity index (χ3n) is 9.19. The number of nitrogens with one attached hydrogen (secondary N) is 1. The zero-order chi connectivity index (χ0) is 37.5. The highest BCUT2D eigenvalue weighted by molar-refractivity contribution is 7.47. The van der Waals surface area contributed by atoms with Crippen LogP contribution in [0.5, 0.6) is 0 Å². The van der Waals surface area contributed by atoms with Gasteiger partial charge in [0.25, 0.3) is 0 Å². The van der Waals surface area contributed by atoms with Crippen LogP contribution in [0.4, 0.5) is 0 Å². The Morgan fingerprint density at radius 2 is 1.04 bits per heavy atom. The van der Waals surface area contributed by atoms with Crippen molar-refractivity contribution in [1.29, 1.82) is 0 Å². The number of aliphatic hydroxyl groups is 1. The van der Waals surface area contributed by atoms with E-state index in [1.165, 1.54) is 135 Å². The molecule has 9 heteroatoms. The Balaban J connectivity index is 4.23. The molecule has 0 bridgehead atoms. The van der Waals surface area contributed by atoms with Gasteiger partial charge in [0.1, 0.15) is 0 Å². The van der Waals surface area contributed by atoms with Gasteiger partial charge in [-0.15, -0.1) is 0 Å². The minimum Gasteiger partial charge on any atom is -0.387 e. The van der Waals surface area contributed by atoms with Gasteiger partial charge in [-0.1, -0.05) is 166 Å². The SMILES string of the molecule is CCCCCCCC/C=C\CCCCCCCCCCCC(=O)NC(COP(=O)(O)OCCN)C(O)/C=C/CC/C=C/CCCCCCCCC. The molecule has 0 aliphatic carbocycles. The maximum Gasteiger partial charge on any atom is 0.472 e. The predicted molar refractivity (Wildman–Crippen MR) is 217 cm³/mol. The Hall–Kier alpha value is -1.28. The molecule has 0 aromatic carbocycles. The van der Waals surface area contributed by atoms with Gasteiger partial charge in [0.15, 0.2) is 0 Å². The number of allylic oxidation sites excluding steroid dienone is 5. The van der Waals surface area contributed by atoms with Crippen LogP contribution in [0.3, 0.4) is 0 Å². The predicted octanol–water partition coefficient (Wildman–Crippen LogP) is 11.6. The number of hydrogen-bond donors (Lipinski definition) is 4. The molecule has 51 heavy (non-hydrogen) atoms. The Bertz CT molecular complexity index is 897. The first-order valence-electron chi connectivity index (χ1n) is 21.1. The molecule has 0 spiro atoms. The fourth-order valence-corrected chi connectivity index (χ4v) is 6.72. The number of aliphatic hydroxyl groups excluding tert-OH is 1. The largest absolute Gasteiger partial charge is 0.472 e. The summed E-state index contributed by atoms with van der Waals surface area (Å²) < 4.78 is 22.1. The van der Waals surface area contributed by atoms with Crippen LogP contribution in [0, 0.1) is 0 Å². The van der Waals surface area contributed by atoms with Crippen LogP contribution in [-0.4, -0.2) is 47.8 Å². The summed E-state index contributed by atoms with van der Waals surface area (Å²) >= 11 is 0. The van der Waals surface area contributed by atoms with Crippen molar-refractivity contribution < 1.29 is 28.4 Å². The summed E-state index contributed by atoms with van der Waals surface area (Å²) in [5.74, 6) is -0.207. The van der Waals surface area contributed by atoms with E-state index in [0.717, 1.165) is 38.5 Å². The van der Waals surface area contributed by atoms with Crippen LogP contribution in [-0.2, 0) is 18.4 Å². The van der Waals surface area contributed by atoms with Gasteiger partial charge >= 0.3 is 7.82 Å². The summed E-state index contributed by atoms with van der Waals surface area (Å²) in [6, 6.07) is -0.876. The highest BCUT2D eigenvalue weighted by atomic mass is 31.2. The molecule has 0 heterocycles. The lowest BCUT2D eigenvalue weighted by atomic mass is 10.0. The molecule has 0 saturated heterocycles. The van der Waals surface area contributed by atoms with Crippen molar-refractivity contribution >= 4 is 13.7 Å². The van der Waals surface area contributed by atoms with E-state index in [1.807, 2.05) is 6.08 Å². The summed E-state index contributed by atoms with van der Waals surface area (Å²) in [5, 5.41) is 13.6. The van der Waals surface area contributed by atoms with E-state index < -0.39 is 20.0 Å². The number of nitrogens with two attached hydrogens (primary N) is 1. The highest BCUT2D eigenvalue weighted by Gasteiger charge is 2.26. The van der Waals surface area contributed by atoms with E-state index in [0.29, 0.717) is 6.42 Å². The lowest BCUT2D eigenvalue weighted by Crippen LogP contribution is -2.45. The fraction of sp³-hybridized carbons (Fsp3) is 0.833. The zero-order valence-electron chi connectivity index (χ0n) is 33.1. The molecule has 3 unspecified atom stereocenters. The van der Waals surface area contributed by atoms with Crippen LogP contribution < -0.4 is 11.1 Å². The third-order valence-corrected chi connectivity index (χ3v) is 10.2. The van der Waals surface area contributed by atoms with Crippen LogP contribution in [0.1, 0.15) is 194 Å². The second-order valence-corrected chi connectivity index (χ2v) is 15.6. The van der Waals surface area contributed by atoms with Gasteiger partial charge in [-0.25, -0.2) is 4.57 Å². The van der Waals surface area contributed by atoms with Gasteiger partial charge < -0.3 is 21.1 Å². The molecule has 0 radical (unpaired) electrons. The maximum absolute atomic E-state index is 12.7. The number of carbonyl (C=O) groups is 1. The topological polar surface area (TPSA) is 131 Å². The van der Waals surface area contributed by atoms with Crippen LogP contribution in [0.25, 0.3) is 0 Å². The Labute approximate surface area is 314 Å². The van der Waals surface area contributed by atoms with Crippen molar-refractivity contribution in [3.05, 3.63) is 36.5 Å². The molecule has 5 N–H and O–H groups in total. The van der Waals surface area contributed by atoms with Gasteiger partial charge in [0.05, 0.1) is 25.4 Å². The first kappa shape index (κ1) is 49.7. The van der Waals surface area contributed by atoms with Gasteiger partial charge in [-0.3, -0.25) is 13.8 Å². The lowest BCUT2D eigenvalue weighted by molar-refractivity contribution is -0.123. The minimum atomic E-state index is -4.34. The molecule has 0 aliphatic rings. The molecule has 0 fully saturated rings. The number of phosphoric acid groups is 1. The normalized spacial score (nSPS) is 14.5. The monoisotopic (exact) mass is 741 g/mol. The molecular formula is C42H81N2O6P. The van der Waals surface area contributed by atoms with Crippen molar-refractivity contribution in [2.24, 2.45) is 5.73 Å². The van der Waals surface area contributed by atoms with E-state index in [4.69, 9.17) is 14.8 Å². The standard InChI is InChI=1S/C42H81N2O6P/c1-3-5-7-9-11-13-15-17-18-19-20-21-22-24-26-28-30-32-34-36-42(46)44-40(39-50-51(47,48)49-38-37-43)41(45)35-33-31-29-27-25-23-16-14-12-10-8-6-4-2/h17-18,25,27,33,35,40-41,45H,3-16,19-24,26,28-32,34,36-39,43H2,1-2H3,(H,44,46)(H,47,48)/b18-17-,27-25+,35-33+. The second-order valence-electron chi connectivity index (χ2n) is 14.2. The lowest BCUT2D eigenvalue weighted by Gasteiger charge is -2.23. The van der Waals surface area contributed by atoms with Crippen LogP contribution >= 0.6 is 7.82 Å². The average molecular weight is 741 g/mol. The van der Waals surface area contributed by atoms with Crippen molar-refractivity contribution in [3.63, 3.8) is 0 Å². The molecular weight excluding hydrogens is 659 g/mol. The quantitative estimate of drug-likeness (QED) is 0.0280. The summed E-state index contributed by atoms with van der Waals surface area (Å²) in [5.41, 5.74) is 5.36. The molecule has 300 valence electrons. The number of carbonyl (C=O) groups excluding carboxylic acids is 1. The molecule has 0 rings (SSSR count). The van der Waals surface area contributed by atoms with Crippen molar-refractivity contribution in [3.8, 4) is 0 Å². The first-order valence-corrected chi connectivity index (χ1v) is 22.6. The first-order chi connectivity index (χ1) is 24.9. The number of phosphoric ester groups is 1. The van der Waals surface area contributed by atoms with E-state index in [2.05, 4.69) is 43.5 Å². The zero-order valence-corrected chi connectivity index (χ0v) is 34.0. The Morgan fingerprint density at radius 1 is 0.627 bits per heavy atom. The van der Waals surface area contributed by atoms with Crippen LogP contribution in [0.2, 0.25) is 0 Å². The number of unbranched alkanes of at least 4 members (excludes halogenated alkanes) is 23. The van der Waals surface area contributed by atoms with Gasteiger partial charge in [-0.05, 0) is 57.8 Å². The Kier molecular flexibility index (Phi) is 37.5. The number of amides is 1. The van der Waals surface area contributed by atoms with Gasteiger partial charge in [0, 0.05) is 13.0 Å². The van der Waals surface area contributed by atoms with E-state index in [-0.39, 0.29) is 25.7 Å².